The fraction of sp³-hybridized carbons (Fsp3) is 0.294. The summed E-state index contributed by atoms with van der Waals surface area (Å²) in [7, 11) is 0. The fourth-order valence-corrected chi connectivity index (χ4v) is 2.51. The molecule has 0 saturated carbocycles. The highest BCUT2D eigenvalue weighted by molar-refractivity contribution is 5.38. The van der Waals surface area contributed by atoms with Crippen LogP contribution in [-0.4, -0.2) is 17.8 Å². The number of aliphatic hydroxyl groups is 1. The van der Waals surface area contributed by atoms with E-state index < -0.39 is 6.10 Å². The second-order valence-corrected chi connectivity index (χ2v) is 5.22. The van der Waals surface area contributed by atoms with E-state index in [1.807, 2.05) is 24.3 Å². The molecule has 21 heavy (non-hydrogen) atoms. The zero-order valence-electron chi connectivity index (χ0n) is 11.8. The maximum Gasteiger partial charge on any atom is 0.137 e. The summed E-state index contributed by atoms with van der Waals surface area (Å²) in [5.74, 6) is 0.857. The van der Waals surface area contributed by atoms with Crippen molar-refractivity contribution in [1.82, 2.24) is 0 Å². The first kappa shape index (κ1) is 13.9. The lowest BCUT2D eigenvalue weighted by atomic mass is 10.1. The van der Waals surface area contributed by atoms with Crippen LogP contribution in [-0.2, 0) is 6.42 Å². The second kappa shape index (κ2) is 5.74. The molecule has 0 saturated heterocycles. The summed E-state index contributed by atoms with van der Waals surface area (Å²) in [4.78, 5) is 0. The Morgan fingerprint density at radius 1 is 1.33 bits per heavy atom. The third kappa shape index (κ3) is 3.00. The Balaban J connectivity index is 1.68. The Bertz CT molecular complexity index is 615. The molecular formula is C17H17FO3. The molecule has 1 aliphatic rings. The zero-order chi connectivity index (χ0) is 14.8. The number of aliphatic hydroxyl groups excluding tert-OH is 1. The predicted octanol–water partition coefficient (Wildman–Crippen LogP) is 3.26. The Morgan fingerprint density at radius 2 is 2.14 bits per heavy atom. The largest absolute Gasteiger partial charge is 0.489 e. The highest BCUT2D eigenvalue weighted by Crippen LogP contribution is 2.30. The van der Waals surface area contributed by atoms with Gasteiger partial charge in [0.2, 0.25) is 0 Å². The number of benzene rings is 2. The monoisotopic (exact) mass is 288 g/mol. The van der Waals surface area contributed by atoms with Gasteiger partial charge in [0.05, 0.1) is 6.10 Å². The van der Waals surface area contributed by atoms with Gasteiger partial charge in [0.25, 0.3) is 0 Å². The van der Waals surface area contributed by atoms with E-state index in [4.69, 9.17) is 9.47 Å². The van der Waals surface area contributed by atoms with Crippen molar-refractivity contribution in [2.24, 2.45) is 0 Å². The molecule has 0 aliphatic carbocycles. The van der Waals surface area contributed by atoms with E-state index in [1.54, 1.807) is 13.0 Å². The summed E-state index contributed by atoms with van der Waals surface area (Å²) >= 11 is 0. The van der Waals surface area contributed by atoms with Crippen molar-refractivity contribution in [3.05, 3.63) is 59.4 Å². The summed E-state index contributed by atoms with van der Waals surface area (Å²) < 4.78 is 24.8. The SMILES string of the molecule is C[C@@H](O)c1ccc(F)cc1OCC1Cc2ccccc2O1. The van der Waals surface area contributed by atoms with Crippen molar-refractivity contribution < 1.29 is 19.0 Å². The van der Waals surface area contributed by atoms with Crippen molar-refractivity contribution in [2.75, 3.05) is 6.61 Å². The quantitative estimate of drug-likeness (QED) is 0.938. The molecule has 1 unspecified atom stereocenters. The molecule has 1 heterocycles. The molecule has 0 radical (unpaired) electrons. The number of hydrogen-bond donors (Lipinski definition) is 1. The standard InChI is InChI=1S/C17H17FO3/c1-11(19)15-7-6-13(18)9-17(15)20-10-14-8-12-4-2-3-5-16(12)21-14/h2-7,9,11,14,19H,8,10H2,1H3/t11-,14?/m1/s1. The van der Waals surface area contributed by atoms with Crippen LogP contribution in [0.3, 0.4) is 0 Å². The molecule has 0 aromatic heterocycles. The molecule has 0 amide bonds. The summed E-state index contributed by atoms with van der Waals surface area (Å²) in [6, 6.07) is 12.0. The minimum Gasteiger partial charge on any atom is -0.489 e. The first-order valence-electron chi connectivity index (χ1n) is 6.98. The van der Waals surface area contributed by atoms with Crippen molar-refractivity contribution in [1.29, 1.82) is 0 Å². The molecular weight excluding hydrogens is 271 g/mol. The Morgan fingerprint density at radius 3 is 2.90 bits per heavy atom. The van der Waals surface area contributed by atoms with E-state index in [0.717, 1.165) is 17.7 Å². The Labute approximate surface area is 122 Å². The van der Waals surface area contributed by atoms with E-state index in [1.165, 1.54) is 12.1 Å². The summed E-state index contributed by atoms with van der Waals surface area (Å²) in [6.45, 7) is 1.94. The van der Waals surface area contributed by atoms with Crippen molar-refractivity contribution in [3.63, 3.8) is 0 Å². The van der Waals surface area contributed by atoms with Gasteiger partial charge in [-0.3, -0.25) is 0 Å². The smallest absolute Gasteiger partial charge is 0.137 e. The van der Waals surface area contributed by atoms with Gasteiger partial charge in [-0.15, -0.1) is 0 Å². The molecule has 2 aromatic carbocycles. The molecule has 0 fully saturated rings. The Kier molecular flexibility index (Phi) is 3.80. The van der Waals surface area contributed by atoms with E-state index in [-0.39, 0.29) is 11.9 Å². The van der Waals surface area contributed by atoms with Gasteiger partial charge in [0, 0.05) is 18.1 Å². The van der Waals surface area contributed by atoms with E-state index in [2.05, 4.69) is 0 Å². The lowest BCUT2D eigenvalue weighted by Crippen LogP contribution is -2.22. The highest BCUT2D eigenvalue weighted by atomic mass is 19.1. The summed E-state index contributed by atoms with van der Waals surface area (Å²) in [5.41, 5.74) is 1.73. The number of rotatable bonds is 4. The van der Waals surface area contributed by atoms with E-state index in [9.17, 15) is 9.50 Å². The van der Waals surface area contributed by atoms with Gasteiger partial charge in [-0.1, -0.05) is 18.2 Å². The van der Waals surface area contributed by atoms with Gasteiger partial charge in [0.15, 0.2) is 0 Å². The van der Waals surface area contributed by atoms with Crippen LogP contribution in [0.25, 0.3) is 0 Å². The van der Waals surface area contributed by atoms with E-state index >= 15 is 0 Å². The van der Waals surface area contributed by atoms with Crippen LogP contribution in [0.5, 0.6) is 11.5 Å². The molecule has 0 bridgehead atoms. The maximum absolute atomic E-state index is 13.3. The molecule has 3 nitrogen and oxygen atoms in total. The van der Waals surface area contributed by atoms with Crippen LogP contribution in [0.1, 0.15) is 24.2 Å². The molecule has 1 N–H and O–H groups in total. The summed E-state index contributed by atoms with van der Waals surface area (Å²) in [5, 5.41) is 9.70. The molecule has 4 heteroatoms. The average molecular weight is 288 g/mol. The first-order valence-corrected chi connectivity index (χ1v) is 6.98. The first-order chi connectivity index (χ1) is 10.1. The third-order valence-corrected chi connectivity index (χ3v) is 3.56. The topological polar surface area (TPSA) is 38.7 Å². The lowest BCUT2D eigenvalue weighted by Gasteiger charge is -2.16. The molecule has 2 aromatic rings. The van der Waals surface area contributed by atoms with Gasteiger partial charge in [-0.25, -0.2) is 4.39 Å². The molecule has 1 aliphatic heterocycles. The van der Waals surface area contributed by atoms with Crippen molar-refractivity contribution in [3.8, 4) is 11.5 Å². The maximum atomic E-state index is 13.3. The van der Waals surface area contributed by atoms with Crippen LogP contribution >= 0.6 is 0 Å². The Hall–Kier alpha value is -2.07. The van der Waals surface area contributed by atoms with Crippen LogP contribution < -0.4 is 9.47 Å². The lowest BCUT2D eigenvalue weighted by molar-refractivity contribution is 0.141. The van der Waals surface area contributed by atoms with Gasteiger partial charge in [0.1, 0.15) is 30.0 Å². The van der Waals surface area contributed by atoms with Gasteiger partial charge in [-0.05, 0) is 30.7 Å². The van der Waals surface area contributed by atoms with Gasteiger partial charge >= 0.3 is 0 Å². The molecule has 2 atom stereocenters. The zero-order valence-corrected chi connectivity index (χ0v) is 11.8. The fourth-order valence-electron chi connectivity index (χ4n) is 2.51. The van der Waals surface area contributed by atoms with Crippen LogP contribution in [0.15, 0.2) is 42.5 Å². The normalized spacial score (nSPS) is 18.0. The minimum atomic E-state index is -0.706. The highest BCUT2D eigenvalue weighted by Gasteiger charge is 2.23. The van der Waals surface area contributed by atoms with Crippen LogP contribution in [0, 0.1) is 5.82 Å². The average Bonchev–Trinajstić information content (AvgIpc) is 2.87. The number of fused-ring (bicyclic) bond motifs is 1. The van der Waals surface area contributed by atoms with E-state index in [0.29, 0.717) is 17.9 Å². The predicted molar refractivity (Wildman–Crippen MR) is 77.1 cm³/mol. The third-order valence-electron chi connectivity index (χ3n) is 3.56. The van der Waals surface area contributed by atoms with Crippen LogP contribution in [0.4, 0.5) is 4.39 Å². The second-order valence-electron chi connectivity index (χ2n) is 5.22. The minimum absolute atomic E-state index is 0.0903. The number of ether oxygens (including phenoxy) is 2. The summed E-state index contributed by atoms with van der Waals surface area (Å²) in [6.07, 6.45) is -0.0232. The number of halogens is 1. The number of hydrogen-bond acceptors (Lipinski definition) is 3. The number of para-hydroxylation sites is 1. The van der Waals surface area contributed by atoms with Gasteiger partial charge < -0.3 is 14.6 Å². The van der Waals surface area contributed by atoms with Crippen molar-refractivity contribution in [2.45, 2.75) is 25.6 Å². The molecule has 0 spiro atoms. The molecule has 110 valence electrons. The van der Waals surface area contributed by atoms with Gasteiger partial charge in [-0.2, -0.15) is 0 Å². The molecule has 3 rings (SSSR count). The van der Waals surface area contributed by atoms with Crippen molar-refractivity contribution >= 4 is 0 Å². The van der Waals surface area contributed by atoms with Crippen LogP contribution in [0.2, 0.25) is 0 Å².